The van der Waals surface area contributed by atoms with Crippen LogP contribution in [0.2, 0.25) is 0 Å². The van der Waals surface area contributed by atoms with Crippen molar-refractivity contribution >= 4 is 16.9 Å². The van der Waals surface area contributed by atoms with Crippen LogP contribution in [0.25, 0.3) is 11.0 Å². The Labute approximate surface area is 220 Å². The predicted molar refractivity (Wildman–Crippen MR) is 148 cm³/mol. The zero-order valence-corrected chi connectivity index (χ0v) is 22.7. The number of piperidine rings is 1. The van der Waals surface area contributed by atoms with Crippen LogP contribution in [-0.2, 0) is 19.6 Å². The highest BCUT2D eigenvalue weighted by molar-refractivity contribution is 5.94. The molecule has 1 aromatic heterocycles. The minimum atomic E-state index is -0.398. The first kappa shape index (κ1) is 27.3. The number of hydrogen-bond donors (Lipinski definition) is 1. The highest BCUT2D eigenvalue weighted by Crippen LogP contribution is 2.21. The number of imidazole rings is 1. The minimum absolute atomic E-state index is 0.165. The van der Waals surface area contributed by atoms with Crippen molar-refractivity contribution in [3.8, 4) is 0 Å². The fraction of sp³-hybridized carbons (Fsp3) is 0.533. The molecular formula is C30H42FN5O. The van der Waals surface area contributed by atoms with Gasteiger partial charge < -0.3 is 19.7 Å². The molecule has 0 atom stereocenters. The minimum Gasteiger partial charge on any atom is -0.331 e. The molecule has 0 saturated carbocycles. The Morgan fingerprint density at radius 1 is 1.11 bits per heavy atom. The van der Waals surface area contributed by atoms with Crippen molar-refractivity contribution in [1.29, 1.82) is 0 Å². The van der Waals surface area contributed by atoms with E-state index in [1.165, 1.54) is 50.0 Å². The van der Waals surface area contributed by atoms with Gasteiger partial charge in [0.05, 0.1) is 17.6 Å². The molecule has 0 spiro atoms. The number of nitrogens with one attached hydrogen (secondary N) is 1. The molecule has 7 heteroatoms. The highest BCUT2D eigenvalue weighted by atomic mass is 19.1. The summed E-state index contributed by atoms with van der Waals surface area (Å²) >= 11 is 0. The number of nitrogens with zero attached hydrogens (tertiary/aromatic N) is 4. The molecule has 3 aromatic rings. The van der Waals surface area contributed by atoms with Crippen LogP contribution in [0.5, 0.6) is 0 Å². The van der Waals surface area contributed by atoms with E-state index >= 15 is 0 Å². The average Bonchev–Trinajstić information content (AvgIpc) is 3.22. The Morgan fingerprint density at radius 2 is 1.92 bits per heavy atom. The topological polar surface area (TPSA) is 53.4 Å². The van der Waals surface area contributed by atoms with Crippen LogP contribution in [0.3, 0.4) is 0 Å². The van der Waals surface area contributed by atoms with E-state index in [1.54, 1.807) is 17.0 Å². The van der Waals surface area contributed by atoms with E-state index in [1.807, 2.05) is 0 Å². The van der Waals surface area contributed by atoms with Gasteiger partial charge in [0.25, 0.3) is 5.91 Å². The molecule has 4 rings (SSSR count). The Bertz CT molecular complexity index is 1170. The number of halogens is 1. The van der Waals surface area contributed by atoms with Gasteiger partial charge in [0.15, 0.2) is 0 Å². The molecule has 2 heterocycles. The SMILES string of the molecule is CCCn1c(CN(CC(C)C)C(=O)c2cccc(F)c2)nc2cc(CNCCN3CCCCC3)ccc21. The summed E-state index contributed by atoms with van der Waals surface area (Å²) in [6.07, 6.45) is 4.98. The molecule has 0 bridgehead atoms. The maximum absolute atomic E-state index is 13.8. The van der Waals surface area contributed by atoms with Crippen LogP contribution in [0.15, 0.2) is 42.5 Å². The molecule has 6 nitrogen and oxygen atoms in total. The highest BCUT2D eigenvalue weighted by Gasteiger charge is 2.21. The number of carbonyl (C=O) groups excluding carboxylic acids is 1. The zero-order valence-electron chi connectivity index (χ0n) is 22.7. The summed E-state index contributed by atoms with van der Waals surface area (Å²) in [6, 6.07) is 12.4. The molecule has 1 aliphatic rings. The number of benzene rings is 2. The van der Waals surface area contributed by atoms with E-state index in [-0.39, 0.29) is 11.8 Å². The Balaban J connectivity index is 1.49. The number of rotatable bonds is 12. The molecule has 1 saturated heterocycles. The third-order valence-corrected chi connectivity index (χ3v) is 7.00. The number of aromatic nitrogens is 2. The van der Waals surface area contributed by atoms with Crippen molar-refractivity contribution in [1.82, 2.24) is 24.7 Å². The molecule has 0 aliphatic carbocycles. The average molecular weight is 508 g/mol. The quantitative estimate of drug-likeness (QED) is 0.331. The second-order valence-corrected chi connectivity index (χ2v) is 10.7. The summed E-state index contributed by atoms with van der Waals surface area (Å²) < 4.78 is 16.1. The second kappa shape index (κ2) is 13.2. The Morgan fingerprint density at radius 3 is 2.65 bits per heavy atom. The fourth-order valence-electron chi connectivity index (χ4n) is 5.22. The molecule has 0 unspecified atom stereocenters. The number of likely N-dealkylation sites (tertiary alicyclic amines) is 1. The Kier molecular flexibility index (Phi) is 9.69. The summed E-state index contributed by atoms with van der Waals surface area (Å²) in [4.78, 5) is 22.7. The van der Waals surface area contributed by atoms with E-state index in [2.05, 4.69) is 53.8 Å². The number of hydrogen-bond acceptors (Lipinski definition) is 4. The summed E-state index contributed by atoms with van der Waals surface area (Å²) in [6.45, 7) is 13.5. The van der Waals surface area contributed by atoms with Gasteiger partial charge in [0.1, 0.15) is 11.6 Å². The van der Waals surface area contributed by atoms with E-state index in [9.17, 15) is 9.18 Å². The lowest BCUT2D eigenvalue weighted by Crippen LogP contribution is -2.35. The first-order valence-electron chi connectivity index (χ1n) is 13.9. The molecule has 1 aliphatic heterocycles. The molecule has 200 valence electrons. The largest absolute Gasteiger partial charge is 0.331 e. The Hall–Kier alpha value is -2.77. The molecule has 1 fully saturated rings. The zero-order chi connectivity index (χ0) is 26.2. The van der Waals surface area contributed by atoms with E-state index in [0.29, 0.717) is 18.7 Å². The van der Waals surface area contributed by atoms with Gasteiger partial charge in [-0.05, 0) is 74.2 Å². The fourth-order valence-corrected chi connectivity index (χ4v) is 5.22. The number of carbonyl (C=O) groups is 1. The summed E-state index contributed by atoms with van der Waals surface area (Å²) in [7, 11) is 0. The summed E-state index contributed by atoms with van der Waals surface area (Å²) in [5, 5.41) is 3.59. The van der Waals surface area contributed by atoms with Crippen molar-refractivity contribution in [3.05, 3.63) is 65.2 Å². The van der Waals surface area contributed by atoms with Gasteiger partial charge in [-0.3, -0.25) is 4.79 Å². The van der Waals surface area contributed by atoms with Crippen LogP contribution >= 0.6 is 0 Å². The normalized spacial score (nSPS) is 14.5. The third kappa shape index (κ3) is 7.39. The summed E-state index contributed by atoms with van der Waals surface area (Å²) in [5.41, 5.74) is 3.64. The lowest BCUT2D eigenvalue weighted by Gasteiger charge is -2.26. The second-order valence-electron chi connectivity index (χ2n) is 10.7. The third-order valence-electron chi connectivity index (χ3n) is 7.00. The summed E-state index contributed by atoms with van der Waals surface area (Å²) in [5.74, 6) is 0.592. The van der Waals surface area contributed by atoms with E-state index < -0.39 is 5.82 Å². The van der Waals surface area contributed by atoms with Crippen molar-refractivity contribution in [3.63, 3.8) is 0 Å². The first-order valence-corrected chi connectivity index (χ1v) is 13.9. The monoisotopic (exact) mass is 507 g/mol. The maximum atomic E-state index is 13.8. The lowest BCUT2D eigenvalue weighted by molar-refractivity contribution is 0.0715. The molecule has 2 aromatic carbocycles. The van der Waals surface area contributed by atoms with Crippen LogP contribution in [-0.4, -0.2) is 58.0 Å². The van der Waals surface area contributed by atoms with Crippen LogP contribution in [0.4, 0.5) is 4.39 Å². The molecule has 1 N–H and O–H groups in total. The standard InChI is InChI=1S/C30H42FN5O/c1-4-14-36-28-12-11-24(20-32-13-17-34-15-6-5-7-16-34)18-27(28)33-29(36)22-35(21-23(2)3)30(37)25-9-8-10-26(31)19-25/h8-12,18-19,23,32H,4-7,13-17,20-22H2,1-3H3. The van der Waals surface area contributed by atoms with Crippen LogP contribution in [0, 0.1) is 11.7 Å². The van der Waals surface area contributed by atoms with Crippen molar-refractivity contribution in [2.24, 2.45) is 5.92 Å². The predicted octanol–water partition coefficient (Wildman–Crippen LogP) is 5.46. The molecule has 37 heavy (non-hydrogen) atoms. The lowest BCUT2D eigenvalue weighted by atomic mass is 10.1. The molecule has 1 amide bonds. The van der Waals surface area contributed by atoms with Gasteiger partial charge in [-0.1, -0.05) is 39.3 Å². The van der Waals surface area contributed by atoms with Crippen molar-refractivity contribution in [2.45, 2.75) is 66.1 Å². The number of amides is 1. The van der Waals surface area contributed by atoms with Crippen molar-refractivity contribution in [2.75, 3.05) is 32.7 Å². The van der Waals surface area contributed by atoms with E-state index in [0.717, 1.165) is 49.5 Å². The van der Waals surface area contributed by atoms with Gasteiger partial charge in [0.2, 0.25) is 0 Å². The maximum Gasteiger partial charge on any atom is 0.254 e. The molecule has 0 radical (unpaired) electrons. The first-order chi connectivity index (χ1) is 17.9. The van der Waals surface area contributed by atoms with E-state index in [4.69, 9.17) is 4.98 Å². The van der Waals surface area contributed by atoms with Gasteiger partial charge in [0, 0.05) is 38.3 Å². The van der Waals surface area contributed by atoms with Gasteiger partial charge in [-0.2, -0.15) is 0 Å². The number of fused-ring (bicyclic) bond motifs is 1. The van der Waals surface area contributed by atoms with Crippen LogP contribution in [0.1, 0.15) is 68.2 Å². The van der Waals surface area contributed by atoms with Crippen LogP contribution < -0.4 is 5.32 Å². The smallest absolute Gasteiger partial charge is 0.254 e. The molecular weight excluding hydrogens is 465 g/mol. The van der Waals surface area contributed by atoms with Gasteiger partial charge >= 0.3 is 0 Å². The van der Waals surface area contributed by atoms with Gasteiger partial charge in [-0.15, -0.1) is 0 Å². The van der Waals surface area contributed by atoms with Crippen molar-refractivity contribution < 1.29 is 9.18 Å². The number of aryl methyl sites for hydroxylation is 1. The van der Waals surface area contributed by atoms with Gasteiger partial charge in [-0.25, -0.2) is 9.37 Å².